The largest absolute Gasteiger partial charge is 0.483 e. The van der Waals surface area contributed by atoms with Crippen molar-refractivity contribution in [1.82, 2.24) is 4.98 Å². The molecule has 0 unspecified atom stereocenters. The van der Waals surface area contributed by atoms with E-state index in [1.165, 1.54) is 0 Å². The molecule has 2 aromatic heterocycles. The van der Waals surface area contributed by atoms with Gasteiger partial charge in [0.25, 0.3) is 0 Å². The van der Waals surface area contributed by atoms with E-state index < -0.39 is 0 Å². The number of nitrogens with zero attached hydrogens (tertiary/aromatic N) is 1. The third kappa shape index (κ3) is 1.97. The van der Waals surface area contributed by atoms with Crippen LogP contribution < -0.4 is 10.5 Å². The first-order chi connectivity index (χ1) is 6.79. The SMILES string of the molecule is NCCOc1cc2nc(Cl)ccc2s1. The molecule has 0 bridgehead atoms. The molecule has 0 aliphatic rings. The zero-order valence-corrected chi connectivity index (χ0v) is 8.94. The summed E-state index contributed by atoms with van der Waals surface area (Å²) in [5.41, 5.74) is 6.21. The Morgan fingerprint density at radius 2 is 2.36 bits per heavy atom. The molecule has 0 saturated heterocycles. The van der Waals surface area contributed by atoms with Crippen LogP contribution in [0.2, 0.25) is 5.15 Å². The minimum Gasteiger partial charge on any atom is -0.483 e. The van der Waals surface area contributed by atoms with Gasteiger partial charge in [-0.05, 0) is 12.1 Å². The highest BCUT2D eigenvalue weighted by atomic mass is 35.5. The van der Waals surface area contributed by atoms with Crippen molar-refractivity contribution in [1.29, 1.82) is 0 Å². The first-order valence-corrected chi connectivity index (χ1v) is 5.38. The Morgan fingerprint density at radius 1 is 1.50 bits per heavy atom. The Morgan fingerprint density at radius 3 is 3.14 bits per heavy atom. The number of fused-ring (bicyclic) bond motifs is 1. The Kier molecular flexibility index (Phi) is 2.86. The van der Waals surface area contributed by atoms with Gasteiger partial charge in [0.1, 0.15) is 11.8 Å². The molecule has 2 rings (SSSR count). The lowest BCUT2D eigenvalue weighted by molar-refractivity contribution is 0.338. The van der Waals surface area contributed by atoms with Crippen LogP contribution in [0.25, 0.3) is 10.2 Å². The Labute approximate surface area is 90.5 Å². The van der Waals surface area contributed by atoms with Gasteiger partial charge < -0.3 is 10.5 Å². The van der Waals surface area contributed by atoms with E-state index in [4.69, 9.17) is 22.1 Å². The number of aromatic nitrogens is 1. The van der Waals surface area contributed by atoms with Crippen LogP contribution in [0.1, 0.15) is 0 Å². The normalized spacial score (nSPS) is 10.7. The summed E-state index contributed by atoms with van der Waals surface area (Å²) in [6.45, 7) is 1.04. The fraction of sp³-hybridized carbons (Fsp3) is 0.222. The van der Waals surface area contributed by atoms with Crippen LogP contribution in [0.5, 0.6) is 5.06 Å². The Bertz CT molecular complexity index is 443. The summed E-state index contributed by atoms with van der Waals surface area (Å²) in [5, 5.41) is 1.33. The Hall–Kier alpha value is -0.840. The number of nitrogens with two attached hydrogens (primary N) is 1. The van der Waals surface area contributed by atoms with Gasteiger partial charge in [-0.25, -0.2) is 4.98 Å². The van der Waals surface area contributed by atoms with Gasteiger partial charge in [-0.15, -0.1) is 0 Å². The molecule has 2 heterocycles. The van der Waals surface area contributed by atoms with Gasteiger partial charge in [0.05, 0.1) is 10.2 Å². The maximum Gasteiger partial charge on any atom is 0.176 e. The maximum atomic E-state index is 5.76. The second-order valence-corrected chi connectivity index (χ2v) is 4.15. The minimum absolute atomic E-state index is 0.501. The fourth-order valence-electron chi connectivity index (χ4n) is 1.11. The first-order valence-electron chi connectivity index (χ1n) is 4.18. The predicted molar refractivity (Wildman–Crippen MR) is 59.2 cm³/mol. The van der Waals surface area contributed by atoms with Crippen molar-refractivity contribution in [2.24, 2.45) is 5.73 Å². The van der Waals surface area contributed by atoms with Gasteiger partial charge >= 0.3 is 0 Å². The van der Waals surface area contributed by atoms with Crippen molar-refractivity contribution in [3.63, 3.8) is 0 Å². The lowest BCUT2D eigenvalue weighted by Crippen LogP contribution is -2.09. The van der Waals surface area contributed by atoms with Crippen LogP contribution in [0.4, 0.5) is 0 Å². The fourth-order valence-corrected chi connectivity index (χ4v) is 2.14. The molecule has 2 N–H and O–H groups in total. The van der Waals surface area contributed by atoms with Crippen molar-refractivity contribution < 1.29 is 4.74 Å². The second-order valence-electron chi connectivity index (χ2n) is 2.72. The van der Waals surface area contributed by atoms with E-state index in [1.54, 1.807) is 17.4 Å². The van der Waals surface area contributed by atoms with Gasteiger partial charge in [-0.2, -0.15) is 0 Å². The van der Waals surface area contributed by atoms with Crippen LogP contribution >= 0.6 is 22.9 Å². The third-order valence-corrected chi connectivity index (χ3v) is 2.89. The number of hydrogen-bond donors (Lipinski definition) is 1. The van der Waals surface area contributed by atoms with Crippen molar-refractivity contribution in [2.45, 2.75) is 0 Å². The molecule has 0 atom stereocenters. The molecular formula is C9H9ClN2OS. The number of rotatable bonds is 3. The lowest BCUT2D eigenvalue weighted by atomic mass is 10.4. The van der Waals surface area contributed by atoms with E-state index in [1.807, 2.05) is 12.1 Å². The number of halogens is 1. The lowest BCUT2D eigenvalue weighted by Gasteiger charge is -1.97. The summed E-state index contributed by atoms with van der Waals surface area (Å²) in [7, 11) is 0. The molecule has 14 heavy (non-hydrogen) atoms. The van der Waals surface area contributed by atoms with Gasteiger partial charge in [-0.3, -0.25) is 0 Å². The molecule has 0 aliphatic heterocycles. The number of hydrogen-bond acceptors (Lipinski definition) is 4. The van der Waals surface area contributed by atoms with Crippen molar-refractivity contribution >= 4 is 33.2 Å². The summed E-state index contributed by atoms with van der Waals surface area (Å²) in [5.74, 6) is 0. The predicted octanol–water partition coefficient (Wildman–Crippen LogP) is 2.29. The summed E-state index contributed by atoms with van der Waals surface area (Å²) in [6, 6.07) is 5.58. The molecule has 0 radical (unpaired) electrons. The topological polar surface area (TPSA) is 48.1 Å². The first kappa shape index (κ1) is 9.71. The molecule has 5 heteroatoms. The maximum absolute atomic E-state index is 5.76. The third-order valence-electron chi connectivity index (χ3n) is 1.68. The number of pyridine rings is 1. The van der Waals surface area contributed by atoms with E-state index in [9.17, 15) is 0 Å². The minimum atomic E-state index is 0.501. The van der Waals surface area contributed by atoms with E-state index in [-0.39, 0.29) is 0 Å². The van der Waals surface area contributed by atoms with Gasteiger partial charge in [0.15, 0.2) is 5.06 Å². The van der Waals surface area contributed by atoms with Crippen LogP contribution in [-0.4, -0.2) is 18.1 Å². The monoisotopic (exact) mass is 228 g/mol. The molecule has 3 nitrogen and oxygen atoms in total. The van der Waals surface area contributed by atoms with Crippen LogP contribution in [-0.2, 0) is 0 Å². The highest BCUT2D eigenvalue weighted by Gasteiger charge is 2.03. The van der Waals surface area contributed by atoms with Crippen molar-refractivity contribution in [3.8, 4) is 5.06 Å². The van der Waals surface area contributed by atoms with Crippen LogP contribution in [0.3, 0.4) is 0 Å². The zero-order valence-electron chi connectivity index (χ0n) is 7.37. The van der Waals surface area contributed by atoms with Crippen molar-refractivity contribution in [3.05, 3.63) is 23.4 Å². The van der Waals surface area contributed by atoms with Crippen LogP contribution in [0.15, 0.2) is 18.2 Å². The average Bonchev–Trinajstić information content (AvgIpc) is 2.56. The average molecular weight is 229 g/mol. The molecular weight excluding hydrogens is 220 g/mol. The van der Waals surface area contributed by atoms with Crippen LogP contribution in [0, 0.1) is 0 Å². The van der Waals surface area contributed by atoms with Gasteiger partial charge in [-0.1, -0.05) is 22.9 Å². The smallest absolute Gasteiger partial charge is 0.176 e. The molecule has 0 aromatic carbocycles. The van der Waals surface area contributed by atoms with Gasteiger partial charge in [0, 0.05) is 12.6 Å². The van der Waals surface area contributed by atoms with Crippen molar-refractivity contribution in [2.75, 3.05) is 13.2 Å². The standard InChI is InChI=1S/C9H9ClN2OS/c10-8-2-1-7-6(12-8)5-9(14-7)13-4-3-11/h1-2,5H,3-4,11H2. The molecule has 0 aliphatic carbocycles. The molecule has 0 spiro atoms. The summed E-state index contributed by atoms with van der Waals surface area (Å²) < 4.78 is 6.46. The second kappa shape index (κ2) is 4.13. The highest BCUT2D eigenvalue weighted by molar-refractivity contribution is 7.20. The Balaban J connectivity index is 2.32. The summed E-state index contributed by atoms with van der Waals surface area (Å²) in [4.78, 5) is 4.17. The molecule has 74 valence electrons. The van der Waals surface area contributed by atoms with E-state index in [2.05, 4.69) is 4.98 Å². The molecule has 0 amide bonds. The summed E-state index contributed by atoms with van der Waals surface area (Å²) >= 11 is 7.31. The van der Waals surface area contributed by atoms with Gasteiger partial charge in [0.2, 0.25) is 0 Å². The quantitative estimate of drug-likeness (QED) is 0.820. The van der Waals surface area contributed by atoms with E-state index in [0.29, 0.717) is 18.3 Å². The number of thiophene rings is 1. The molecule has 2 aromatic rings. The number of ether oxygens (including phenoxy) is 1. The highest BCUT2D eigenvalue weighted by Crippen LogP contribution is 2.31. The summed E-state index contributed by atoms with van der Waals surface area (Å²) in [6.07, 6.45) is 0. The molecule has 0 fully saturated rings. The zero-order chi connectivity index (χ0) is 9.97. The van der Waals surface area contributed by atoms with E-state index >= 15 is 0 Å². The van der Waals surface area contributed by atoms with E-state index in [0.717, 1.165) is 15.3 Å². The molecule has 0 saturated carbocycles.